The van der Waals surface area contributed by atoms with E-state index < -0.39 is 0 Å². The largest absolute Gasteiger partial charge is 0.325 e. The Morgan fingerprint density at radius 1 is 1.06 bits per heavy atom. The first-order valence-electron chi connectivity index (χ1n) is 5.86. The van der Waals surface area contributed by atoms with E-state index in [1.165, 1.54) is 27.8 Å². The van der Waals surface area contributed by atoms with Crippen LogP contribution in [0.3, 0.4) is 0 Å². The number of aromatic amines is 1. The van der Waals surface area contributed by atoms with E-state index in [4.69, 9.17) is 5.73 Å². The number of H-pyrrole nitrogens is 1. The van der Waals surface area contributed by atoms with Gasteiger partial charge < -0.3 is 5.73 Å². The normalized spacial score (nSPS) is 10.9. The molecule has 3 nitrogen and oxygen atoms in total. The molecule has 0 spiro atoms. The summed E-state index contributed by atoms with van der Waals surface area (Å²) in [6.45, 7) is 9.07. The third kappa shape index (κ3) is 1.98. The molecule has 0 unspecified atom stereocenters. The second-order valence-electron chi connectivity index (χ2n) is 4.62. The Morgan fingerprint density at radius 3 is 2.12 bits per heavy atom. The second-order valence-corrected chi connectivity index (χ2v) is 4.62. The highest BCUT2D eigenvalue weighted by Gasteiger charge is 2.12. The second kappa shape index (κ2) is 4.34. The van der Waals surface area contributed by atoms with Crippen LogP contribution in [0.1, 0.15) is 27.9 Å². The third-order valence-electron chi connectivity index (χ3n) is 3.47. The first-order valence-corrected chi connectivity index (χ1v) is 5.86. The van der Waals surface area contributed by atoms with Crippen molar-refractivity contribution in [1.82, 2.24) is 10.2 Å². The molecule has 0 atom stereocenters. The molecule has 0 aliphatic carbocycles. The topological polar surface area (TPSA) is 54.7 Å². The van der Waals surface area contributed by atoms with Crippen molar-refractivity contribution in [2.24, 2.45) is 5.73 Å². The highest BCUT2D eigenvalue weighted by molar-refractivity contribution is 5.70. The van der Waals surface area contributed by atoms with Crippen molar-refractivity contribution in [2.45, 2.75) is 34.2 Å². The number of nitrogens with one attached hydrogen (secondary N) is 1. The molecule has 1 heterocycles. The molecule has 17 heavy (non-hydrogen) atoms. The molecule has 0 radical (unpaired) electrons. The fourth-order valence-corrected chi connectivity index (χ4v) is 2.20. The fraction of sp³-hybridized carbons (Fsp3) is 0.357. The van der Waals surface area contributed by atoms with Gasteiger partial charge in [0.25, 0.3) is 0 Å². The maximum atomic E-state index is 5.61. The molecule has 3 N–H and O–H groups in total. The van der Waals surface area contributed by atoms with Crippen LogP contribution in [0.4, 0.5) is 0 Å². The first kappa shape index (κ1) is 11.9. The van der Waals surface area contributed by atoms with Crippen LogP contribution in [0.2, 0.25) is 0 Å². The van der Waals surface area contributed by atoms with Crippen molar-refractivity contribution in [3.8, 4) is 11.3 Å². The van der Waals surface area contributed by atoms with Crippen molar-refractivity contribution in [1.29, 1.82) is 0 Å². The number of hydrogen-bond acceptors (Lipinski definition) is 2. The van der Waals surface area contributed by atoms with Gasteiger partial charge in [-0.05, 0) is 56.0 Å². The lowest BCUT2D eigenvalue weighted by atomic mass is 9.92. The average Bonchev–Trinajstić information content (AvgIpc) is 2.75. The molecule has 3 heteroatoms. The van der Waals surface area contributed by atoms with E-state index in [-0.39, 0.29) is 0 Å². The summed E-state index contributed by atoms with van der Waals surface area (Å²) in [5.41, 5.74) is 14.0. The monoisotopic (exact) mass is 229 g/mol. The summed E-state index contributed by atoms with van der Waals surface area (Å²) in [6, 6.07) is 4.26. The van der Waals surface area contributed by atoms with Crippen molar-refractivity contribution < 1.29 is 0 Å². The van der Waals surface area contributed by atoms with Gasteiger partial charge in [-0.15, -0.1) is 0 Å². The number of aryl methyl sites for hydroxylation is 2. The van der Waals surface area contributed by atoms with Crippen molar-refractivity contribution in [3.05, 3.63) is 40.1 Å². The smallest absolute Gasteiger partial charge is 0.0929 e. The summed E-state index contributed by atoms with van der Waals surface area (Å²) in [6.07, 6.45) is 0. The summed E-state index contributed by atoms with van der Waals surface area (Å²) in [7, 11) is 0. The van der Waals surface area contributed by atoms with E-state index in [2.05, 4.69) is 44.0 Å². The minimum Gasteiger partial charge on any atom is -0.325 e. The van der Waals surface area contributed by atoms with E-state index in [9.17, 15) is 0 Å². The Balaban J connectivity index is 2.65. The first-order chi connectivity index (χ1) is 8.04. The van der Waals surface area contributed by atoms with Gasteiger partial charge in [-0.2, -0.15) is 5.10 Å². The van der Waals surface area contributed by atoms with E-state index >= 15 is 0 Å². The van der Waals surface area contributed by atoms with Crippen LogP contribution in [0, 0.1) is 27.7 Å². The van der Waals surface area contributed by atoms with Gasteiger partial charge in [0.2, 0.25) is 0 Å². The molecule has 0 saturated heterocycles. The summed E-state index contributed by atoms with van der Waals surface area (Å²) in [5, 5.41) is 7.33. The Morgan fingerprint density at radius 2 is 1.65 bits per heavy atom. The molecule has 0 aliphatic heterocycles. The van der Waals surface area contributed by atoms with Gasteiger partial charge >= 0.3 is 0 Å². The highest BCUT2D eigenvalue weighted by atomic mass is 15.1. The summed E-state index contributed by atoms with van der Waals surface area (Å²) in [4.78, 5) is 0. The molecule has 1 aromatic heterocycles. The van der Waals surface area contributed by atoms with Gasteiger partial charge in [-0.1, -0.05) is 6.07 Å². The van der Waals surface area contributed by atoms with E-state index in [1.807, 2.05) is 6.07 Å². The highest BCUT2D eigenvalue weighted by Crippen LogP contribution is 2.30. The summed E-state index contributed by atoms with van der Waals surface area (Å²) >= 11 is 0. The molecule has 1 aromatic carbocycles. The predicted octanol–water partition coefficient (Wildman–Crippen LogP) is 2.77. The van der Waals surface area contributed by atoms with Gasteiger partial charge in [0.15, 0.2) is 0 Å². The predicted molar refractivity (Wildman–Crippen MR) is 70.9 cm³/mol. The summed E-state index contributed by atoms with van der Waals surface area (Å²) < 4.78 is 0. The van der Waals surface area contributed by atoms with Gasteiger partial charge in [-0.3, -0.25) is 5.10 Å². The Hall–Kier alpha value is -1.61. The number of nitrogens with two attached hydrogens (primary N) is 1. The lowest BCUT2D eigenvalue weighted by Crippen LogP contribution is -1.95. The van der Waals surface area contributed by atoms with E-state index in [1.54, 1.807) is 0 Å². The zero-order chi connectivity index (χ0) is 12.6. The number of benzene rings is 1. The van der Waals surface area contributed by atoms with E-state index in [0.29, 0.717) is 6.54 Å². The van der Waals surface area contributed by atoms with Crippen LogP contribution in [-0.2, 0) is 6.54 Å². The molecule has 0 bridgehead atoms. The minimum atomic E-state index is 0.496. The molecule has 2 aromatic rings. The average molecular weight is 229 g/mol. The number of aromatic nitrogens is 2. The van der Waals surface area contributed by atoms with Gasteiger partial charge in [0, 0.05) is 17.8 Å². The standard InChI is InChI=1S/C14H19N3/c1-8-5-9(2)11(4)14(10(8)3)13-6-12(7-15)16-17-13/h5-6H,7,15H2,1-4H3,(H,16,17). The molecule has 0 fully saturated rings. The Labute approximate surface area is 102 Å². The van der Waals surface area contributed by atoms with Crippen LogP contribution >= 0.6 is 0 Å². The molecular weight excluding hydrogens is 210 g/mol. The van der Waals surface area contributed by atoms with Gasteiger partial charge in [0.1, 0.15) is 0 Å². The molecule has 2 rings (SSSR count). The van der Waals surface area contributed by atoms with Crippen LogP contribution in [-0.4, -0.2) is 10.2 Å². The lowest BCUT2D eigenvalue weighted by molar-refractivity contribution is 0.948. The Kier molecular flexibility index (Phi) is 3.03. The van der Waals surface area contributed by atoms with Crippen LogP contribution in [0.15, 0.2) is 12.1 Å². The molecule has 0 saturated carbocycles. The number of rotatable bonds is 2. The SMILES string of the molecule is Cc1cc(C)c(C)c(-c2cc(CN)[nH]n2)c1C. The lowest BCUT2D eigenvalue weighted by Gasteiger charge is -2.13. The zero-order valence-electron chi connectivity index (χ0n) is 10.9. The zero-order valence-corrected chi connectivity index (χ0v) is 10.9. The number of nitrogens with zero attached hydrogens (tertiary/aromatic N) is 1. The fourth-order valence-electron chi connectivity index (χ4n) is 2.20. The molecule has 0 amide bonds. The van der Waals surface area contributed by atoms with Gasteiger partial charge in [-0.25, -0.2) is 0 Å². The number of hydrogen-bond donors (Lipinski definition) is 2. The van der Waals surface area contributed by atoms with Crippen molar-refractivity contribution in [3.63, 3.8) is 0 Å². The molecular formula is C14H19N3. The third-order valence-corrected chi connectivity index (χ3v) is 3.47. The van der Waals surface area contributed by atoms with Gasteiger partial charge in [0.05, 0.1) is 5.69 Å². The maximum absolute atomic E-state index is 5.61. The van der Waals surface area contributed by atoms with Crippen molar-refractivity contribution >= 4 is 0 Å². The van der Waals surface area contributed by atoms with E-state index in [0.717, 1.165) is 11.4 Å². The van der Waals surface area contributed by atoms with Crippen LogP contribution in [0.5, 0.6) is 0 Å². The summed E-state index contributed by atoms with van der Waals surface area (Å²) in [5.74, 6) is 0. The van der Waals surface area contributed by atoms with Crippen LogP contribution < -0.4 is 5.73 Å². The quantitative estimate of drug-likeness (QED) is 0.832. The molecule has 0 aliphatic rings. The van der Waals surface area contributed by atoms with Crippen molar-refractivity contribution in [2.75, 3.05) is 0 Å². The van der Waals surface area contributed by atoms with Crippen LogP contribution in [0.25, 0.3) is 11.3 Å². The minimum absolute atomic E-state index is 0.496. The maximum Gasteiger partial charge on any atom is 0.0929 e. The molecule has 90 valence electrons. The Bertz CT molecular complexity index is 527.